The average Bonchev–Trinajstić information content (AvgIpc) is 3.44. The van der Waals surface area contributed by atoms with Crippen LogP contribution in [-0.4, -0.2) is 47.2 Å². The molecule has 0 radical (unpaired) electrons. The zero-order valence-corrected chi connectivity index (χ0v) is 17.3. The van der Waals surface area contributed by atoms with Crippen LogP contribution in [0.1, 0.15) is 49.1 Å². The first-order chi connectivity index (χ1) is 14.5. The zero-order chi connectivity index (χ0) is 21.1. The molecule has 4 rings (SSSR count). The van der Waals surface area contributed by atoms with Crippen molar-refractivity contribution in [2.45, 2.75) is 65.0 Å². The third-order valence-corrected chi connectivity index (χ3v) is 5.53. The number of carbonyl (C=O) groups excluding carboxylic acids is 2. The molecule has 1 aliphatic rings. The van der Waals surface area contributed by atoms with Crippen LogP contribution in [0.25, 0.3) is 5.78 Å². The summed E-state index contributed by atoms with van der Waals surface area (Å²) in [6, 6.07) is 0.283. The third kappa shape index (κ3) is 4.47. The fraction of sp³-hybridized carbons (Fsp3) is 0.500. The SMILES string of the molecule is Cc1nc2ncnn2c(C)c1CCC(=O)Nc1cnn(CC(=O)NC2CCCC2)c1. The molecule has 3 aromatic heterocycles. The summed E-state index contributed by atoms with van der Waals surface area (Å²) in [5.74, 6) is 0.384. The molecule has 0 saturated heterocycles. The minimum atomic E-state index is -0.123. The molecule has 0 aromatic carbocycles. The smallest absolute Gasteiger partial charge is 0.252 e. The number of fused-ring (bicyclic) bond motifs is 1. The Balaban J connectivity index is 1.30. The standard InChI is InChI=1S/C20H26N8O2/c1-13-17(14(2)28-20(24-13)21-12-23-28)7-8-18(29)26-16-9-22-27(10-16)11-19(30)25-15-5-3-4-6-15/h9-10,12,15H,3-8,11H2,1-2H3,(H,25,30)(H,26,29). The lowest BCUT2D eigenvalue weighted by Crippen LogP contribution is -2.35. The topological polar surface area (TPSA) is 119 Å². The molecule has 2 amide bonds. The van der Waals surface area contributed by atoms with Gasteiger partial charge in [-0.05, 0) is 38.7 Å². The van der Waals surface area contributed by atoms with Gasteiger partial charge in [0.1, 0.15) is 12.9 Å². The van der Waals surface area contributed by atoms with Crippen LogP contribution >= 0.6 is 0 Å². The minimum Gasteiger partial charge on any atom is -0.352 e. The van der Waals surface area contributed by atoms with Crippen molar-refractivity contribution in [3.05, 3.63) is 35.7 Å². The summed E-state index contributed by atoms with van der Waals surface area (Å²) in [5.41, 5.74) is 3.35. The number of hydrogen-bond donors (Lipinski definition) is 2. The van der Waals surface area contributed by atoms with E-state index in [9.17, 15) is 9.59 Å². The lowest BCUT2D eigenvalue weighted by molar-refractivity contribution is -0.122. The first-order valence-corrected chi connectivity index (χ1v) is 10.3. The highest BCUT2D eigenvalue weighted by Gasteiger charge is 2.17. The second-order valence-electron chi connectivity index (χ2n) is 7.76. The van der Waals surface area contributed by atoms with Crippen molar-refractivity contribution >= 4 is 23.3 Å². The molecule has 0 atom stereocenters. The molecule has 1 fully saturated rings. The highest BCUT2D eigenvalue weighted by Crippen LogP contribution is 2.18. The number of aromatic nitrogens is 6. The molecule has 10 heteroatoms. The first kappa shape index (κ1) is 20.0. The van der Waals surface area contributed by atoms with Crippen molar-refractivity contribution in [1.82, 2.24) is 34.7 Å². The molecule has 30 heavy (non-hydrogen) atoms. The van der Waals surface area contributed by atoms with Gasteiger partial charge in [-0.3, -0.25) is 14.3 Å². The Morgan fingerprint density at radius 3 is 2.77 bits per heavy atom. The normalized spacial score (nSPS) is 14.3. The summed E-state index contributed by atoms with van der Waals surface area (Å²) in [6.45, 7) is 4.01. The van der Waals surface area contributed by atoms with Crippen molar-refractivity contribution < 1.29 is 9.59 Å². The Labute approximate surface area is 174 Å². The van der Waals surface area contributed by atoms with E-state index in [4.69, 9.17) is 0 Å². The Hall–Kier alpha value is -3.30. The largest absolute Gasteiger partial charge is 0.352 e. The van der Waals surface area contributed by atoms with E-state index in [1.165, 1.54) is 23.9 Å². The molecular weight excluding hydrogens is 384 g/mol. The highest BCUT2D eigenvalue weighted by atomic mass is 16.2. The number of amides is 2. The zero-order valence-electron chi connectivity index (χ0n) is 17.3. The van der Waals surface area contributed by atoms with Crippen molar-refractivity contribution in [2.24, 2.45) is 0 Å². The predicted molar refractivity (Wildman–Crippen MR) is 110 cm³/mol. The number of aryl methyl sites for hydroxylation is 2. The van der Waals surface area contributed by atoms with Crippen LogP contribution in [0.3, 0.4) is 0 Å². The van der Waals surface area contributed by atoms with Gasteiger partial charge in [0.05, 0.1) is 11.9 Å². The fourth-order valence-corrected chi connectivity index (χ4v) is 3.98. The van der Waals surface area contributed by atoms with Crippen LogP contribution in [0.2, 0.25) is 0 Å². The maximum atomic E-state index is 12.4. The van der Waals surface area contributed by atoms with E-state index in [0.717, 1.165) is 29.8 Å². The van der Waals surface area contributed by atoms with Gasteiger partial charge in [0.15, 0.2) is 0 Å². The van der Waals surface area contributed by atoms with Crippen molar-refractivity contribution in [3.63, 3.8) is 0 Å². The van der Waals surface area contributed by atoms with Crippen molar-refractivity contribution in [1.29, 1.82) is 0 Å². The van der Waals surface area contributed by atoms with E-state index in [2.05, 4.69) is 30.8 Å². The van der Waals surface area contributed by atoms with Crippen molar-refractivity contribution in [2.75, 3.05) is 5.32 Å². The maximum absolute atomic E-state index is 12.4. The van der Waals surface area contributed by atoms with Crippen LogP contribution in [0.15, 0.2) is 18.7 Å². The van der Waals surface area contributed by atoms with Gasteiger partial charge in [-0.2, -0.15) is 15.2 Å². The van der Waals surface area contributed by atoms with E-state index in [1.54, 1.807) is 16.9 Å². The van der Waals surface area contributed by atoms with E-state index in [-0.39, 0.29) is 24.4 Å². The summed E-state index contributed by atoms with van der Waals surface area (Å²) in [7, 11) is 0. The van der Waals surface area contributed by atoms with Crippen LogP contribution in [0.4, 0.5) is 5.69 Å². The summed E-state index contributed by atoms with van der Waals surface area (Å²) in [4.78, 5) is 33.1. The van der Waals surface area contributed by atoms with Gasteiger partial charge in [0, 0.05) is 30.0 Å². The molecule has 2 N–H and O–H groups in total. The van der Waals surface area contributed by atoms with Crippen LogP contribution in [0.5, 0.6) is 0 Å². The molecule has 0 unspecified atom stereocenters. The lowest BCUT2D eigenvalue weighted by Gasteiger charge is -2.11. The van der Waals surface area contributed by atoms with Gasteiger partial charge in [-0.15, -0.1) is 0 Å². The van der Waals surface area contributed by atoms with Crippen molar-refractivity contribution in [3.8, 4) is 0 Å². The fourth-order valence-electron chi connectivity index (χ4n) is 3.98. The van der Waals surface area contributed by atoms with Gasteiger partial charge in [0.2, 0.25) is 11.8 Å². The quantitative estimate of drug-likeness (QED) is 0.610. The number of hydrogen-bond acceptors (Lipinski definition) is 6. The molecule has 158 valence electrons. The van der Waals surface area contributed by atoms with Gasteiger partial charge < -0.3 is 10.6 Å². The van der Waals surface area contributed by atoms with Gasteiger partial charge >= 0.3 is 0 Å². The molecule has 10 nitrogen and oxygen atoms in total. The summed E-state index contributed by atoms with van der Waals surface area (Å²) < 4.78 is 3.22. The predicted octanol–water partition coefficient (Wildman–Crippen LogP) is 1.57. The molecule has 1 saturated carbocycles. The monoisotopic (exact) mass is 410 g/mol. The Morgan fingerprint density at radius 2 is 1.97 bits per heavy atom. The van der Waals surface area contributed by atoms with Crippen LogP contribution in [-0.2, 0) is 22.6 Å². The van der Waals surface area contributed by atoms with Crippen LogP contribution < -0.4 is 10.6 Å². The van der Waals surface area contributed by atoms with Crippen LogP contribution in [0, 0.1) is 13.8 Å². The molecule has 0 aliphatic heterocycles. The Morgan fingerprint density at radius 1 is 1.17 bits per heavy atom. The number of nitrogens with zero attached hydrogens (tertiary/aromatic N) is 6. The van der Waals surface area contributed by atoms with Gasteiger partial charge in [0.25, 0.3) is 5.78 Å². The third-order valence-electron chi connectivity index (χ3n) is 5.53. The summed E-state index contributed by atoms with van der Waals surface area (Å²) in [6.07, 6.45) is 9.98. The second-order valence-corrected chi connectivity index (χ2v) is 7.76. The maximum Gasteiger partial charge on any atom is 0.252 e. The van der Waals surface area contributed by atoms with E-state index < -0.39 is 0 Å². The Kier molecular flexibility index (Phi) is 5.73. The lowest BCUT2D eigenvalue weighted by atomic mass is 10.1. The van der Waals surface area contributed by atoms with E-state index >= 15 is 0 Å². The number of carbonyl (C=O) groups is 2. The number of nitrogens with one attached hydrogen (secondary N) is 2. The molecule has 0 spiro atoms. The minimum absolute atomic E-state index is 0.0511. The number of rotatable bonds is 7. The second kappa shape index (κ2) is 8.60. The summed E-state index contributed by atoms with van der Waals surface area (Å²) in [5, 5.41) is 14.2. The Bertz CT molecular complexity index is 1060. The van der Waals surface area contributed by atoms with Gasteiger partial charge in [-0.1, -0.05) is 12.8 Å². The molecule has 0 bridgehead atoms. The average molecular weight is 410 g/mol. The molecule has 3 aromatic rings. The number of anilines is 1. The summed E-state index contributed by atoms with van der Waals surface area (Å²) >= 11 is 0. The molecule has 1 aliphatic carbocycles. The van der Waals surface area contributed by atoms with Gasteiger partial charge in [-0.25, -0.2) is 9.50 Å². The molecule has 3 heterocycles. The van der Waals surface area contributed by atoms with E-state index in [1.807, 2.05) is 13.8 Å². The molecular formula is C20H26N8O2. The first-order valence-electron chi connectivity index (χ1n) is 10.3. The highest BCUT2D eigenvalue weighted by molar-refractivity contribution is 5.90. The van der Waals surface area contributed by atoms with E-state index in [0.29, 0.717) is 24.3 Å².